The van der Waals surface area contributed by atoms with Crippen molar-refractivity contribution in [3.05, 3.63) is 52.6 Å². The lowest BCUT2D eigenvalue weighted by Gasteiger charge is -2.11. The summed E-state index contributed by atoms with van der Waals surface area (Å²) < 4.78 is 6.88. The van der Waals surface area contributed by atoms with E-state index in [2.05, 4.69) is 39.2 Å². The smallest absolute Gasteiger partial charge is 0.125 e. The number of nitrogens with one attached hydrogen (secondary N) is 1. The Morgan fingerprint density at radius 1 is 1.26 bits per heavy atom. The molecular weight excluding hydrogens is 304 g/mol. The van der Waals surface area contributed by atoms with Crippen molar-refractivity contribution >= 4 is 21.7 Å². The van der Waals surface area contributed by atoms with Crippen molar-refractivity contribution in [2.75, 3.05) is 18.5 Å². The molecule has 2 aromatic rings. The number of aromatic nitrogens is 1. The predicted molar refractivity (Wildman–Crippen MR) is 81.7 cm³/mol. The molecular formula is C15H17BrN2O. The number of hydrogen-bond acceptors (Lipinski definition) is 3. The molecule has 19 heavy (non-hydrogen) atoms. The van der Waals surface area contributed by atoms with E-state index in [4.69, 9.17) is 4.74 Å². The Kier molecular flexibility index (Phi) is 5.21. The third kappa shape index (κ3) is 4.24. The second kappa shape index (κ2) is 7.14. The number of hydrogen-bond donors (Lipinski definition) is 1. The number of aryl methyl sites for hydroxylation is 1. The third-order valence-corrected chi connectivity index (χ3v) is 3.23. The molecule has 0 atom stereocenters. The SMILES string of the molecule is CCc1cc(Br)ccc1OCCNc1ccccn1. The van der Waals surface area contributed by atoms with Crippen LogP contribution in [0.2, 0.25) is 0 Å². The molecule has 0 aliphatic heterocycles. The van der Waals surface area contributed by atoms with Gasteiger partial charge >= 0.3 is 0 Å². The monoisotopic (exact) mass is 320 g/mol. The maximum Gasteiger partial charge on any atom is 0.125 e. The van der Waals surface area contributed by atoms with Gasteiger partial charge in [-0.2, -0.15) is 0 Å². The Morgan fingerprint density at radius 2 is 2.16 bits per heavy atom. The average molecular weight is 321 g/mol. The minimum Gasteiger partial charge on any atom is -0.491 e. The van der Waals surface area contributed by atoms with E-state index in [9.17, 15) is 0 Å². The number of ether oxygens (including phenoxy) is 1. The molecule has 0 fully saturated rings. The van der Waals surface area contributed by atoms with Crippen molar-refractivity contribution < 1.29 is 4.74 Å². The van der Waals surface area contributed by atoms with Crippen LogP contribution >= 0.6 is 15.9 Å². The first-order chi connectivity index (χ1) is 9.29. The van der Waals surface area contributed by atoms with E-state index in [0.29, 0.717) is 6.61 Å². The molecule has 3 nitrogen and oxygen atoms in total. The predicted octanol–water partition coefficient (Wildman–Crippen LogP) is 3.90. The van der Waals surface area contributed by atoms with Crippen LogP contribution in [0.4, 0.5) is 5.82 Å². The van der Waals surface area contributed by atoms with Gasteiger partial charge < -0.3 is 10.1 Å². The Bertz CT molecular complexity index is 517. The van der Waals surface area contributed by atoms with E-state index >= 15 is 0 Å². The van der Waals surface area contributed by atoms with Crippen LogP contribution in [0.15, 0.2) is 47.1 Å². The summed E-state index contributed by atoms with van der Waals surface area (Å²) in [5.41, 5.74) is 1.22. The van der Waals surface area contributed by atoms with E-state index in [0.717, 1.165) is 29.0 Å². The number of pyridine rings is 1. The van der Waals surface area contributed by atoms with Crippen LogP contribution in [0.25, 0.3) is 0 Å². The van der Waals surface area contributed by atoms with Gasteiger partial charge in [-0.25, -0.2) is 4.98 Å². The van der Waals surface area contributed by atoms with Crippen LogP contribution in [0, 0.1) is 0 Å². The lowest BCUT2D eigenvalue weighted by Crippen LogP contribution is -2.12. The summed E-state index contributed by atoms with van der Waals surface area (Å²) >= 11 is 3.47. The molecule has 1 N–H and O–H groups in total. The molecule has 0 radical (unpaired) electrons. The van der Waals surface area contributed by atoms with Crippen molar-refractivity contribution in [2.24, 2.45) is 0 Å². The lowest BCUT2D eigenvalue weighted by atomic mass is 10.1. The molecule has 0 unspecified atom stereocenters. The summed E-state index contributed by atoms with van der Waals surface area (Å²) in [4.78, 5) is 4.20. The lowest BCUT2D eigenvalue weighted by molar-refractivity contribution is 0.329. The number of rotatable bonds is 6. The van der Waals surface area contributed by atoms with Crippen LogP contribution in [0.1, 0.15) is 12.5 Å². The Morgan fingerprint density at radius 3 is 2.89 bits per heavy atom. The maximum absolute atomic E-state index is 5.79. The van der Waals surface area contributed by atoms with E-state index in [1.807, 2.05) is 30.3 Å². The molecule has 2 rings (SSSR count). The second-order valence-electron chi connectivity index (χ2n) is 4.10. The van der Waals surface area contributed by atoms with Gasteiger partial charge in [-0.05, 0) is 42.3 Å². The van der Waals surface area contributed by atoms with E-state index in [-0.39, 0.29) is 0 Å². The molecule has 0 spiro atoms. The van der Waals surface area contributed by atoms with Crippen LogP contribution in [0.5, 0.6) is 5.75 Å². The van der Waals surface area contributed by atoms with Gasteiger partial charge in [0.25, 0.3) is 0 Å². The molecule has 100 valence electrons. The van der Waals surface area contributed by atoms with Crippen molar-refractivity contribution in [1.82, 2.24) is 4.98 Å². The van der Waals surface area contributed by atoms with Gasteiger partial charge in [0.1, 0.15) is 18.2 Å². The van der Waals surface area contributed by atoms with E-state index < -0.39 is 0 Å². The molecule has 4 heteroatoms. The van der Waals surface area contributed by atoms with E-state index in [1.165, 1.54) is 5.56 Å². The van der Waals surface area contributed by atoms with Gasteiger partial charge in [0.2, 0.25) is 0 Å². The number of halogens is 1. The summed E-state index contributed by atoms with van der Waals surface area (Å²) in [6.45, 7) is 3.47. The molecule has 1 aromatic heterocycles. The number of benzene rings is 1. The molecule has 0 aliphatic rings. The van der Waals surface area contributed by atoms with Crippen LogP contribution in [-0.2, 0) is 6.42 Å². The summed E-state index contributed by atoms with van der Waals surface area (Å²) in [6.07, 6.45) is 2.73. The molecule has 0 saturated carbocycles. The molecule has 0 amide bonds. The van der Waals surface area contributed by atoms with Gasteiger partial charge in [-0.15, -0.1) is 0 Å². The van der Waals surface area contributed by atoms with Crippen molar-refractivity contribution in [3.8, 4) is 5.75 Å². The largest absolute Gasteiger partial charge is 0.491 e. The third-order valence-electron chi connectivity index (χ3n) is 2.73. The molecule has 0 saturated heterocycles. The molecule has 1 heterocycles. The number of nitrogens with zero attached hydrogens (tertiary/aromatic N) is 1. The molecule has 0 aliphatic carbocycles. The molecule has 1 aromatic carbocycles. The van der Waals surface area contributed by atoms with Crippen molar-refractivity contribution in [1.29, 1.82) is 0 Å². The highest BCUT2D eigenvalue weighted by molar-refractivity contribution is 9.10. The van der Waals surface area contributed by atoms with Gasteiger partial charge in [-0.3, -0.25) is 0 Å². The first kappa shape index (κ1) is 13.9. The van der Waals surface area contributed by atoms with Crippen LogP contribution in [0.3, 0.4) is 0 Å². The standard InChI is InChI=1S/C15H17BrN2O/c1-2-12-11-13(16)6-7-14(12)19-10-9-18-15-5-3-4-8-17-15/h3-8,11H,2,9-10H2,1H3,(H,17,18). The van der Waals surface area contributed by atoms with Crippen molar-refractivity contribution in [2.45, 2.75) is 13.3 Å². The average Bonchev–Trinajstić information content (AvgIpc) is 2.46. The topological polar surface area (TPSA) is 34.1 Å². The van der Waals surface area contributed by atoms with Gasteiger partial charge in [0.15, 0.2) is 0 Å². The maximum atomic E-state index is 5.79. The highest BCUT2D eigenvalue weighted by atomic mass is 79.9. The highest BCUT2D eigenvalue weighted by Crippen LogP contribution is 2.23. The van der Waals surface area contributed by atoms with Gasteiger partial charge in [0, 0.05) is 10.7 Å². The van der Waals surface area contributed by atoms with Gasteiger partial charge in [0.05, 0.1) is 6.54 Å². The first-order valence-corrected chi connectivity index (χ1v) is 7.15. The first-order valence-electron chi connectivity index (χ1n) is 6.35. The molecule has 0 bridgehead atoms. The minimum absolute atomic E-state index is 0.616. The highest BCUT2D eigenvalue weighted by Gasteiger charge is 2.02. The zero-order chi connectivity index (χ0) is 13.5. The van der Waals surface area contributed by atoms with Crippen LogP contribution in [-0.4, -0.2) is 18.1 Å². The summed E-state index contributed by atoms with van der Waals surface area (Å²) in [5, 5.41) is 3.22. The summed E-state index contributed by atoms with van der Waals surface area (Å²) in [5.74, 6) is 1.83. The Labute approximate surface area is 122 Å². The van der Waals surface area contributed by atoms with Crippen LogP contribution < -0.4 is 10.1 Å². The summed E-state index contributed by atoms with van der Waals surface area (Å²) in [6, 6.07) is 11.9. The minimum atomic E-state index is 0.616. The Hall–Kier alpha value is -1.55. The zero-order valence-corrected chi connectivity index (χ0v) is 12.5. The summed E-state index contributed by atoms with van der Waals surface area (Å²) in [7, 11) is 0. The quantitative estimate of drug-likeness (QED) is 0.820. The zero-order valence-electron chi connectivity index (χ0n) is 10.9. The fourth-order valence-electron chi connectivity index (χ4n) is 1.77. The normalized spacial score (nSPS) is 10.2. The fourth-order valence-corrected chi connectivity index (χ4v) is 2.18. The number of anilines is 1. The fraction of sp³-hybridized carbons (Fsp3) is 0.267. The second-order valence-corrected chi connectivity index (χ2v) is 5.01. The van der Waals surface area contributed by atoms with Crippen molar-refractivity contribution in [3.63, 3.8) is 0 Å². The Balaban J connectivity index is 1.83. The van der Waals surface area contributed by atoms with E-state index in [1.54, 1.807) is 6.20 Å². The van der Waals surface area contributed by atoms with Gasteiger partial charge in [-0.1, -0.05) is 28.9 Å².